The molecule has 0 unspecified atom stereocenters. The fourth-order valence-corrected chi connectivity index (χ4v) is 2.21. The van der Waals surface area contributed by atoms with Gasteiger partial charge in [-0.2, -0.15) is 0 Å². The molecule has 0 atom stereocenters. The standard InChI is InChI=1S/C16H14Cl2N2O3/c1-19-15(21)10-4-2-6-12(8-10)20-16(22)23-9-11-5-3-7-13(17)14(11)18/h2-8H,9H2,1H3,(H,19,21)(H,20,22). The van der Waals surface area contributed by atoms with Gasteiger partial charge in [-0.25, -0.2) is 4.79 Å². The summed E-state index contributed by atoms with van der Waals surface area (Å²) in [7, 11) is 1.53. The zero-order chi connectivity index (χ0) is 16.8. The lowest BCUT2D eigenvalue weighted by atomic mass is 10.2. The Morgan fingerprint density at radius 3 is 2.61 bits per heavy atom. The Morgan fingerprint density at radius 1 is 1.13 bits per heavy atom. The van der Waals surface area contributed by atoms with E-state index in [9.17, 15) is 9.59 Å². The van der Waals surface area contributed by atoms with Crippen LogP contribution in [-0.4, -0.2) is 19.0 Å². The molecule has 0 saturated carbocycles. The van der Waals surface area contributed by atoms with Crippen LogP contribution in [0, 0.1) is 0 Å². The lowest BCUT2D eigenvalue weighted by molar-refractivity contribution is 0.0963. The molecule has 0 spiro atoms. The van der Waals surface area contributed by atoms with E-state index < -0.39 is 6.09 Å². The number of halogens is 2. The van der Waals surface area contributed by atoms with Crippen LogP contribution in [0.3, 0.4) is 0 Å². The van der Waals surface area contributed by atoms with Gasteiger partial charge in [0.25, 0.3) is 5.91 Å². The number of hydrogen-bond donors (Lipinski definition) is 2. The van der Waals surface area contributed by atoms with Gasteiger partial charge in [0.15, 0.2) is 0 Å². The second kappa shape index (κ2) is 7.85. The van der Waals surface area contributed by atoms with E-state index >= 15 is 0 Å². The molecule has 0 fully saturated rings. The highest BCUT2D eigenvalue weighted by Gasteiger charge is 2.09. The highest BCUT2D eigenvalue weighted by Crippen LogP contribution is 2.26. The van der Waals surface area contributed by atoms with E-state index in [-0.39, 0.29) is 12.5 Å². The van der Waals surface area contributed by atoms with Gasteiger partial charge in [-0.15, -0.1) is 0 Å². The summed E-state index contributed by atoms with van der Waals surface area (Å²) >= 11 is 11.9. The number of anilines is 1. The molecule has 0 aliphatic carbocycles. The highest BCUT2D eigenvalue weighted by molar-refractivity contribution is 6.42. The van der Waals surface area contributed by atoms with Crippen molar-refractivity contribution in [3.8, 4) is 0 Å². The third-order valence-electron chi connectivity index (χ3n) is 2.99. The smallest absolute Gasteiger partial charge is 0.411 e. The normalized spacial score (nSPS) is 10.0. The zero-order valence-electron chi connectivity index (χ0n) is 12.2. The lowest BCUT2D eigenvalue weighted by Crippen LogP contribution is -2.18. The second-order valence-corrected chi connectivity index (χ2v) is 5.36. The molecule has 0 bridgehead atoms. The Kier molecular flexibility index (Phi) is 5.84. The van der Waals surface area contributed by atoms with Gasteiger partial charge in [0.2, 0.25) is 0 Å². The van der Waals surface area contributed by atoms with Crippen molar-refractivity contribution in [2.45, 2.75) is 6.61 Å². The van der Waals surface area contributed by atoms with E-state index in [1.165, 1.54) is 7.05 Å². The number of carbonyl (C=O) groups excluding carboxylic acids is 2. The summed E-state index contributed by atoms with van der Waals surface area (Å²) < 4.78 is 5.10. The number of nitrogens with one attached hydrogen (secondary N) is 2. The molecular weight excluding hydrogens is 339 g/mol. The van der Waals surface area contributed by atoms with E-state index in [2.05, 4.69) is 10.6 Å². The monoisotopic (exact) mass is 352 g/mol. The Morgan fingerprint density at radius 2 is 1.87 bits per heavy atom. The maximum atomic E-state index is 11.8. The van der Waals surface area contributed by atoms with Gasteiger partial charge in [0.1, 0.15) is 6.61 Å². The molecule has 2 N–H and O–H groups in total. The molecule has 2 aromatic rings. The van der Waals surface area contributed by atoms with E-state index in [0.717, 1.165) is 0 Å². The minimum Gasteiger partial charge on any atom is -0.444 e. The van der Waals surface area contributed by atoms with E-state index in [1.54, 1.807) is 42.5 Å². The minimum absolute atomic E-state index is 0.0135. The SMILES string of the molecule is CNC(=O)c1cccc(NC(=O)OCc2cccc(Cl)c2Cl)c1. The summed E-state index contributed by atoms with van der Waals surface area (Å²) in [4.78, 5) is 23.4. The Labute approximate surface area is 143 Å². The van der Waals surface area contributed by atoms with Crippen molar-refractivity contribution in [2.75, 3.05) is 12.4 Å². The molecule has 5 nitrogen and oxygen atoms in total. The van der Waals surface area contributed by atoms with Crippen LogP contribution >= 0.6 is 23.2 Å². The first-order valence-corrected chi connectivity index (χ1v) is 7.45. The Hall–Kier alpha value is -2.24. The van der Waals surface area contributed by atoms with Crippen molar-refractivity contribution in [1.29, 1.82) is 0 Å². The first-order valence-electron chi connectivity index (χ1n) is 6.70. The van der Waals surface area contributed by atoms with Crippen molar-refractivity contribution in [2.24, 2.45) is 0 Å². The number of rotatable bonds is 4. The van der Waals surface area contributed by atoms with Crippen molar-refractivity contribution in [1.82, 2.24) is 5.32 Å². The topological polar surface area (TPSA) is 67.4 Å². The van der Waals surface area contributed by atoms with Crippen LogP contribution in [0.2, 0.25) is 10.0 Å². The van der Waals surface area contributed by atoms with Crippen molar-refractivity contribution < 1.29 is 14.3 Å². The molecule has 120 valence electrons. The fraction of sp³-hybridized carbons (Fsp3) is 0.125. The summed E-state index contributed by atoms with van der Waals surface area (Å²) in [5, 5.41) is 5.80. The molecule has 7 heteroatoms. The first-order chi connectivity index (χ1) is 11.0. The number of amides is 2. The van der Waals surface area contributed by atoms with Crippen molar-refractivity contribution in [3.63, 3.8) is 0 Å². The third-order valence-corrected chi connectivity index (χ3v) is 3.85. The largest absolute Gasteiger partial charge is 0.444 e. The molecule has 0 radical (unpaired) electrons. The Balaban J connectivity index is 1.97. The van der Waals surface area contributed by atoms with E-state index in [4.69, 9.17) is 27.9 Å². The molecule has 2 aromatic carbocycles. The number of ether oxygens (including phenoxy) is 1. The second-order valence-electron chi connectivity index (χ2n) is 4.57. The van der Waals surface area contributed by atoms with E-state index in [1.807, 2.05) is 0 Å². The molecule has 23 heavy (non-hydrogen) atoms. The average molecular weight is 353 g/mol. The maximum absolute atomic E-state index is 11.8. The van der Waals surface area contributed by atoms with Crippen LogP contribution in [0.4, 0.5) is 10.5 Å². The molecule has 2 amide bonds. The minimum atomic E-state index is -0.657. The Bertz CT molecular complexity index is 735. The van der Waals surface area contributed by atoms with E-state index in [0.29, 0.717) is 26.9 Å². The zero-order valence-corrected chi connectivity index (χ0v) is 13.7. The van der Waals surface area contributed by atoms with Crippen LogP contribution in [0.5, 0.6) is 0 Å². The van der Waals surface area contributed by atoms with Crippen LogP contribution < -0.4 is 10.6 Å². The molecule has 0 aromatic heterocycles. The summed E-state index contributed by atoms with van der Waals surface area (Å²) in [5.74, 6) is -0.243. The fourth-order valence-electron chi connectivity index (χ4n) is 1.84. The predicted octanol–water partition coefficient (Wildman–Crippen LogP) is 4.10. The maximum Gasteiger partial charge on any atom is 0.411 e. The molecule has 0 saturated heterocycles. The van der Waals surface area contributed by atoms with Gasteiger partial charge >= 0.3 is 6.09 Å². The lowest BCUT2D eigenvalue weighted by Gasteiger charge is -2.09. The number of hydrogen-bond acceptors (Lipinski definition) is 3. The summed E-state index contributed by atoms with van der Waals surface area (Å²) in [6.07, 6.45) is -0.657. The van der Waals surface area contributed by atoms with Gasteiger partial charge in [-0.1, -0.05) is 41.4 Å². The number of carbonyl (C=O) groups is 2. The molecule has 0 aliphatic rings. The molecule has 0 aliphatic heterocycles. The summed E-state index contributed by atoms with van der Waals surface area (Å²) in [6, 6.07) is 11.6. The van der Waals surface area contributed by atoms with Crippen LogP contribution in [0.15, 0.2) is 42.5 Å². The average Bonchev–Trinajstić information content (AvgIpc) is 2.55. The number of benzene rings is 2. The van der Waals surface area contributed by atoms with Gasteiger partial charge in [-0.05, 0) is 24.3 Å². The quantitative estimate of drug-likeness (QED) is 0.870. The third kappa shape index (κ3) is 4.61. The molecular formula is C16H14Cl2N2O3. The van der Waals surface area contributed by atoms with Crippen molar-refractivity contribution >= 4 is 40.9 Å². The summed E-state index contributed by atoms with van der Waals surface area (Å²) in [6.45, 7) is -0.0135. The van der Waals surface area contributed by atoms with Gasteiger partial charge in [-0.3, -0.25) is 10.1 Å². The van der Waals surface area contributed by atoms with Crippen LogP contribution in [0.1, 0.15) is 15.9 Å². The van der Waals surface area contributed by atoms with Crippen molar-refractivity contribution in [3.05, 3.63) is 63.6 Å². The van der Waals surface area contributed by atoms with Gasteiger partial charge in [0.05, 0.1) is 10.0 Å². The molecule has 0 heterocycles. The van der Waals surface area contributed by atoms with Crippen LogP contribution in [0.25, 0.3) is 0 Å². The van der Waals surface area contributed by atoms with Gasteiger partial charge in [0, 0.05) is 23.9 Å². The molecule has 2 rings (SSSR count). The van der Waals surface area contributed by atoms with Gasteiger partial charge < -0.3 is 10.1 Å². The first kappa shape index (κ1) is 17.1. The summed E-state index contributed by atoms with van der Waals surface area (Å²) in [5.41, 5.74) is 1.49. The van der Waals surface area contributed by atoms with Crippen LogP contribution in [-0.2, 0) is 11.3 Å². The highest BCUT2D eigenvalue weighted by atomic mass is 35.5. The predicted molar refractivity (Wildman–Crippen MR) is 90.1 cm³/mol.